The van der Waals surface area contributed by atoms with Crippen molar-refractivity contribution in [3.8, 4) is 0 Å². The molecule has 0 aliphatic heterocycles. The third-order valence-electron chi connectivity index (χ3n) is 4.06. The van der Waals surface area contributed by atoms with E-state index < -0.39 is 0 Å². The summed E-state index contributed by atoms with van der Waals surface area (Å²) in [5.41, 5.74) is 0. The lowest BCUT2D eigenvalue weighted by atomic mass is 10.1. The molecule has 0 saturated carbocycles. The van der Waals surface area contributed by atoms with E-state index in [1.54, 1.807) is 0 Å². The molecule has 0 aliphatic carbocycles. The van der Waals surface area contributed by atoms with Crippen LogP contribution >= 0.6 is 0 Å². The Morgan fingerprint density at radius 3 is 1.80 bits per heavy atom. The second-order valence-electron chi connectivity index (χ2n) is 6.87. The van der Waals surface area contributed by atoms with Crippen LogP contribution < -0.4 is 0 Å². The van der Waals surface area contributed by atoms with Crippen LogP contribution in [0.4, 0.5) is 0 Å². The first-order valence-corrected chi connectivity index (χ1v) is 10.5. The molecule has 152 valence electrons. The minimum absolute atomic E-state index is 0.0802. The Kier molecular flexibility index (Phi) is 24.9. The second-order valence-corrected chi connectivity index (χ2v) is 6.87. The van der Waals surface area contributed by atoms with E-state index in [1.807, 2.05) is 6.92 Å². The van der Waals surface area contributed by atoms with E-state index in [4.69, 9.17) is 14.9 Å². The van der Waals surface area contributed by atoms with Crippen molar-refractivity contribution in [1.82, 2.24) is 0 Å². The van der Waals surface area contributed by atoms with E-state index in [-0.39, 0.29) is 25.3 Å². The van der Waals surface area contributed by atoms with Crippen LogP contribution in [0, 0.1) is 0 Å². The summed E-state index contributed by atoms with van der Waals surface area (Å²) < 4.78 is 4.76. The average Bonchev–Trinajstić information content (AvgIpc) is 2.59. The molecule has 4 heteroatoms. The summed E-state index contributed by atoms with van der Waals surface area (Å²) in [4.78, 5) is 11.0. The van der Waals surface area contributed by atoms with Gasteiger partial charge in [-0.3, -0.25) is 4.79 Å². The van der Waals surface area contributed by atoms with Gasteiger partial charge in [-0.2, -0.15) is 0 Å². The molecule has 0 aromatic rings. The van der Waals surface area contributed by atoms with Gasteiger partial charge in [0, 0.05) is 6.42 Å². The first kappa shape index (κ1) is 26.6. The molecule has 2 N–H and O–H groups in total. The predicted molar refractivity (Wildman–Crippen MR) is 106 cm³/mol. The molecule has 0 fully saturated rings. The van der Waals surface area contributed by atoms with Crippen LogP contribution in [0.5, 0.6) is 0 Å². The summed E-state index contributed by atoms with van der Waals surface area (Å²) in [7, 11) is 0. The average molecular weight is 361 g/mol. The predicted octanol–water partition coefficient (Wildman–Crippen LogP) is 5.39. The number of aliphatic hydroxyl groups excluding tert-OH is 2. The van der Waals surface area contributed by atoms with Gasteiger partial charge in [-0.05, 0) is 19.8 Å². The Morgan fingerprint density at radius 1 is 0.840 bits per heavy atom. The zero-order valence-corrected chi connectivity index (χ0v) is 17.1. The Hall–Kier alpha value is -0.610. The normalized spacial score (nSPS) is 11.6. The smallest absolute Gasteiger partial charge is 0.305 e. The van der Waals surface area contributed by atoms with Gasteiger partial charge in [0.25, 0.3) is 0 Å². The van der Waals surface area contributed by atoms with Crippen molar-refractivity contribution < 1.29 is 19.7 Å². The Bertz CT molecular complexity index is 254. The van der Waals surface area contributed by atoms with E-state index in [9.17, 15) is 4.79 Å². The Labute approximate surface area is 156 Å². The highest BCUT2D eigenvalue weighted by atomic mass is 16.5. The maximum Gasteiger partial charge on any atom is 0.305 e. The molecule has 0 amide bonds. The lowest BCUT2D eigenvalue weighted by molar-refractivity contribution is -0.144. The van der Waals surface area contributed by atoms with Crippen LogP contribution in [0.1, 0.15) is 111 Å². The van der Waals surface area contributed by atoms with Crippen LogP contribution in [0.15, 0.2) is 0 Å². The molecule has 0 bridgehead atoms. The molecule has 0 heterocycles. The van der Waals surface area contributed by atoms with E-state index in [0.29, 0.717) is 6.42 Å². The Morgan fingerprint density at radius 2 is 1.32 bits per heavy atom. The third kappa shape index (κ3) is 28.5. The molecule has 4 nitrogen and oxygen atoms in total. The number of carbonyl (C=O) groups excluding carboxylic acids is 1. The van der Waals surface area contributed by atoms with Gasteiger partial charge in [0.05, 0.1) is 12.7 Å². The number of hydrogen-bond acceptors (Lipinski definition) is 4. The summed E-state index contributed by atoms with van der Waals surface area (Å²) in [5.74, 6) is -0.181. The maximum atomic E-state index is 11.0. The molecule has 0 aromatic carbocycles. The molecule has 0 aromatic heterocycles. The van der Waals surface area contributed by atoms with Crippen molar-refractivity contribution in [3.05, 3.63) is 0 Å². The quantitative estimate of drug-likeness (QED) is 0.286. The summed E-state index contributed by atoms with van der Waals surface area (Å²) in [6, 6.07) is 0. The fraction of sp³-hybridized carbons (Fsp3) is 0.952. The molecule has 0 saturated heterocycles. The van der Waals surface area contributed by atoms with Gasteiger partial charge in [-0.25, -0.2) is 0 Å². The van der Waals surface area contributed by atoms with Crippen LogP contribution in [-0.2, 0) is 9.53 Å². The van der Waals surface area contributed by atoms with Gasteiger partial charge in [0.2, 0.25) is 0 Å². The SMILES string of the molecule is CCCCCCC(C)O.CCCCCCCCCCC(=O)OCCO. The zero-order chi connectivity index (χ0) is 19.2. The number of ether oxygens (including phenoxy) is 1. The number of rotatable bonds is 16. The number of carbonyl (C=O) groups is 1. The van der Waals surface area contributed by atoms with Crippen LogP contribution in [0.25, 0.3) is 0 Å². The van der Waals surface area contributed by atoms with Crippen molar-refractivity contribution in [1.29, 1.82) is 0 Å². The lowest BCUT2D eigenvalue weighted by Gasteiger charge is -2.03. The first-order chi connectivity index (χ1) is 12.1. The topological polar surface area (TPSA) is 66.8 Å². The van der Waals surface area contributed by atoms with Crippen LogP contribution in [0.3, 0.4) is 0 Å². The number of aliphatic hydroxyl groups is 2. The molecule has 1 unspecified atom stereocenters. The minimum Gasteiger partial charge on any atom is -0.463 e. The van der Waals surface area contributed by atoms with Crippen molar-refractivity contribution in [2.75, 3.05) is 13.2 Å². The molecule has 1 atom stereocenters. The highest BCUT2D eigenvalue weighted by Crippen LogP contribution is 2.09. The molecule has 0 aliphatic rings. The monoisotopic (exact) mass is 360 g/mol. The standard InChI is InChI=1S/C13H26O3.C8H18O/c1-2-3-4-5-6-7-8-9-10-13(15)16-12-11-14;1-3-4-5-6-7-8(2)9/h14H,2-12H2,1H3;8-9H,3-7H2,1-2H3. The second kappa shape index (κ2) is 23.4. The van der Waals surface area contributed by atoms with Gasteiger partial charge in [0.1, 0.15) is 6.61 Å². The molecular weight excluding hydrogens is 316 g/mol. The van der Waals surface area contributed by atoms with E-state index >= 15 is 0 Å². The lowest BCUT2D eigenvalue weighted by Crippen LogP contribution is -2.07. The molecule has 0 spiro atoms. The van der Waals surface area contributed by atoms with Crippen molar-refractivity contribution in [2.24, 2.45) is 0 Å². The third-order valence-corrected chi connectivity index (χ3v) is 4.06. The number of esters is 1. The maximum absolute atomic E-state index is 11.0. The zero-order valence-electron chi connectivity index (χ0n) is 17.1. The first-order valence-electron chi connectivity index (χ1n) is 10.5. The van der Waals surface area contributed by atoms with Gasteiger partial charge >= 0.3 is 5.97 Å². The minimum atomic E-state index is -0.181. The van der Waals surface area contributed by atoms with Gasteiger partial charge in [0.15, 0.2) is 0 Å². The largest absolute Gasteiger partial charge is 0.463 e. The van der Waals surface area contributed by atoms with E-state index in [2.05, 4.69) is 13.8 Å². The van der Waals surface area contributed by atoms with E-state index in [0.717, 1.165) is 19.3 Å². The number of hydrogen-bond donors (Lipinski definition) is 2. The number of unbranched alkanes of at least 4 members (excludes halogenated alkanes) is 10. The van der Waals surface area contributed by atoms with Gasteiger partial charge < -0.3 is 14.9 Å². The summed E-state index contributed by atoms with van der Waals surface area (Å²) in [6.45, 7) is 6.32. The van der Waals surface area contributed by atoms with Gasteiger partial charge in [-0.15, -0.1) is 0 Å². The molecule has 25 heavy (non-hydrogen) atoms. The summed E-state index contributed by atoms with van der Waals surface area (Å²) >= 11 is 0. The van der Waals surface area contributed by atoms with Crippen molar-refractivity contribution in [3.63, 3.8) is 0 Å². The highest BCUT2D eigenvalue weighted by molar-refractivity contribution is 5.69. The fourth-order valence-electron chi connectivity index (χ4n) is 2.50. The molecule has 0 rings (SSSR count). The highest BCUT2D eigenvalue weighted by Gasteiger charge is 2.01. The molecule has 0 radical (unpaired) electrons. The van der Waals surface area contributed by atoms with Crippen LogP contribution in [-0.4, -0.2) is 35.5 Å². The fourth-order valence-corrected chi connectivity index (χ4v) is 2.50. The van der Waals surface area contributed by atoms with Crippen molar-refractivity contribution >= 4 is 5.97 Å². The van der Waals surface area contributed by atoms with Gasteiger partial charge in [-0.1, -0.05) is 84.5 Å². The molecular formula is C21H44O4. The Balaban J connectivity index is 0. The van der Waals surface area contributed by atoms with E-state index in [1.165, 1.54) is 64.2 Å². The van der Waals surface area contributed by atoms with Crippen LogP contribution in [0.2, 0.25) is 0 Å². The summed E-state index contributed by atoms with van der Waals surface area (Å²) in [5, 5.41) is 17.3. The summed E-state index contributed by atoms with van der Waals surface area (Å²) in [6.07, 6.45) is 16.2. The van der Waals surface area contributed by atoms with Crippen molar-refractivity contribution in [2.45, 2.75) is 117 Å².